The molecule has 3 aliphatic rings. The molecule has 0 nitrogen and oxygen atoms in total. The first kappa shape index (κ1) is 7.61. The zero-order valence-electron chi connectivity index (χ0n) is 7.79. The van der Waals surface area contributed by atoms with Gasteiger partial charge in [-0.3, -0.25) is 0 Å². The smallest absolute Gasteiger partial charge is 0.00955 e. The van der Waals surface area contributed by atoms with Crippen LogP contribution in [0.25, 0.3) is 0 Å². The first-order valence-electron chi connectivity index (χ1n) is 5.28. The maximum atomic E-state index is 3.69. The van der Waals surface area contributed by atoms with Crippen LogP contribution in [0.5, 0.6) is 0 Å². The minimum absolute atomic E-state index is 0.520. The standard InChI is InChI=1S/C13H14/c1-2-5-11-9-13-7-3-6-12(13)8-10(11)4-1/h3,6-8,11,13H,1-2,4-5H2. The molecular formula is C13H14. The van der Waals surface area contributed by atoms with E-state index in [4.69, 9.17) is 0 Å². The molecule has 0 heterocycles. The molecule has 3 rings (SSSR count). The van der Waals surface area contributed by atoms with E-state index >= 15 is 0 Å². The molecule has 0 aromatic heterocycles. The molecule has 0 N–H and O–H groups in total. The molecule has 0 aromatic rings. The summed E-state index contributed by atoms with van der Waals surface area (Å²) in [5.74, 6) is 1.20. The van der Waals surface area contributed by atoms with E-state index in [0.29, 0.717) is 11.8 Å². The molecule has 2 radical (unpaired) electrons. The van der Waals surface area contributed by atoms with E-state index in [1.807, 2.05) is 0 Å². The van der Waals surface area contributed by atoms with Crippen LogP contribution >= 0.6 is 0 Å². The van der Waals surface area contributed by atoms with Crippen molar-refractivity contribution in [3.63, 3.8) is 0 Å². The van der Waals surface area contributed by atoms with Gasteiger partial charge in [0.1, 0.15) is 0 Å². The van der Waals surface area contributed by atoms with Crippen LogP contribution in [-0.2, 0) is 0 Å². The van der Waals surface area contributed by atoms with Crippen molar-refractivity contribution in [2.24, 2.45) is 11.8 Å². The Bertz CT molecular complexity index is 304. The van der Waals surface area contributed by atoms with Gasteiger partial charge >= 0.3 is 0 Å². The van der Waals surface area contributed by atoms with Gasteiger partial charge in [-0.05, 0) is 30.8 Å². The van der Waals surface area contributed by atoms with E-state index in [2.05, 4.69) is 30.7 Å². The van der Waals surface area contributed by atoms with Gasteiger partial charge in [0.05, 0.1) is 0 Å². The predicted molar refractivity (Wildman–Crippen MR) is 54.0 cm³/mol. The molecule has 0 saturated heterocycles. The highest BCUT2D eigenvalue weighted by Gasteiger charge is 2.29. The number of hydrogen-bond donors (Lipinski definition) is 0. The van der Waals surface area contributed by atoms with Gasteiger partial charge < -0.3 is 0 Å². The highest BCUT2D eigenvalue weighted by atomic mass is 14.3. The molecular weight excluding hydrogens is 156 g/mol. The molecule has 2 unspecified atom stereocenters. The van der Waals surface area contributed by atoms with Gasteiger partial charge in [-0.1, -0.05) is 36.3 Å². The van der Waals surface area contributed by atoms with Crippen LogP contribution in [0.4, 0.5) is 0 Å². The highest BCUT2D eigenvalue weighted by molar-refractivity contribution is 5.44. The first-order chi connectivity index (χ1) is 6.43. The van der Waals surface area contributed by atoms with E-state index in [1.165, 1.54) is 31.3 Å². The first-order valence-corrected chi connectivity index (χ1v) is 5.28. The van der Waals surface area contributed by atoms with E-state index in [9.17, 15) is 0 Å². The Labute approximate surface area is 80.0 Å². The van der Waals surface area contributed by atoms with Crippen molar-refractivity contribution in [3.8, 4) is 0 Å². The third kappa shape index (κ3) is 1.20. The number of hydrogen-bond acceptors (Lipinski definition) is 0. The van der Waals surface area contributed by atoms with Crippen LogP contribution in [0.15, 0.2) is 35.5 Å². The van der Waals surface area contributed by atoms with Gasteiger partial charge in [0, 0.05) is 12.3 Å². The van der Waals surface area contributed by atoms with Crippen molar-refractivity contribution in [3.05, 3.63) is 41.9 Å². The maximum Gasteiger partial charge on any atom is 0.00955 e. The average Bonchev–Trinajstić information content (AvgIpc) is 2.61. The Morgan fingerprint density at radius 1 is 1.31 bits per heavy atom. The summed E-state index contributed by atoms with van der Waals surface area (Å²) >= 11 is 0. The van der Waals surface area contributed by atoms with E-state index in [1.54, 1.807) is 5.57 Å². The van der Waals surface area contributed by atoms with E-state index in [-0.39, 0.29) is 0 Å². The second-order valence-electron chi connectivity index (χ2n) is 4.21. The van der Waals surface area contributed by atoms with Crippen LogP contribution in [-0.4, -0.2) is 0 Å². The minimum atomic E-state index is 0.520. The van der Waals surface area contributed by atoms with Gasteiger partial charge in [-0.25, -0.2) is 0 Å². The van der Waals surface area contributed by atoms with Gasteiger partial charge in [0.2, 0.25) is 0 Å². The lowest BCUT2D eigenvalue weighted by Gasteiger charge is -2.31. The minimum Gasteiger partial charge on any atom is -0.0764 e. The number of fused-ring (bicyclic) bond motifs is 2. The topological polar surface area (TPSA) is 0 Å². The Balaban J connectivity index is 1.93. The third-order valence-electron chi connectivity index (χ3n) is 3.34. The van der Waals surface area contributed by atoms with Gasteiger partial charge in [-0.15, -0.1) is 0 Å². The molecule has 0 spiro atoms. The Morgan fingerprint density at radius 3 is 3.31 bits per heavy atom. The third-order valence-corrected chi connectivity index (χ3v) is 3.34. The van der Waals surface area contributed by atoms with Gasteiger partial charge in [-0.2, -0.15) is 0 Å². The summed E-state index contributed by atoms with van der Waals surface area (Å²) in [4.78, 5) is 0. The lowest BCUT2D eigenvalue weighted by molar-refractivity contribution is 0.467. The zero-order valence-corrected chi connectivity index (χ0v) is 7.79. The second kappa shape index (κ2) is 2.87. The quantitative estimate of drug-likeness (QED) is 0.523. The summed E-state index contributed by atoms with van der Waals surface area (Å²) in [5.41, 5.74) is 3.10. The van der Waals surface area contributed by atoms with E-state index < -0.39 is 0 Å². The van der Waals surface area contributed by atoms with E-state index in [0.717, 1.165) is 0 Å². The Morgan fingerprint density at radius 2 is 2.31 bits per heavy atom. The monoisotopic (exact) mass is 170 g/mol. The fourth-order valence-electron chi connectivity index (χ4n) is 2.61. The summed E-state index contributed by atoms with van der Waals surface area (Å²) in [6, 6.07) is 0. The largest absolute Gasteiger partial charge is 0.0764 e. The summed E-state index contributed by atoms with van der Waals surface area (Å²) in [5, 5.41) is 0. The normalized spacial score (nSPS) is 36.3. The maximum absolute atomic E-state index is 3.69. The second-order valence-corrected chi connectivity index (χ2v) is 4.21. The molecule has 3 aliphatic carbocycles. The molecule has 0 aromatic carbocycles. The van der Waals surface area contributed by atoms with Crippen molar-refractivity contribution >= 4 is 0 Å². The molecule has 2 atom stereocenters. The number of rotatable bonds is 0. The summed E-state index contributed by atoms with van der Waals surface area (Å²) in [6.07, 6.45) is 18.2. The number of allylic oxidation sites excluding steroid dienone is 6. The van der Waals surface area contributed by atoms with Crippen LogP contribution in [0.3, 0.4) is 0 Å². The van der Waals surface area contributed by atoms with Crippen molar-refractivity contribution in [1.29, 1.82) is 0 Å². The lowest BCUT2D eigenvalue weighted by Crippen LogP contribution is -2.19. The van der Waals surface area contributed by atoms with Crippen LogP contribution in [0.1, 0.15) is 25.7 Å². The SMILES string of the molecule is [C]1C2C=CC=C2C=C2CCCCC12. The van der Waals surface area contributed by atoms with Crippen molar-refractivity contribution in [2.75, 3.05) is 0 Å². The fourth-order valence-corrected chi connectivity index (χ4v) is 2.61. The molecule has 1 saturated carbocycles. The summed E-state index contributed by atoms with van der Waals surface area (Å²) in [6.45, 7) is 0. The molecule has 13 heavy (non-hydrogen) atoms. The van der Waals surface area contributed by atoms with Crippen LogP contribution < -0.4 is 0 Å². The predicted octanol–water partition coefficient (Wildman–Crippen LogP) is 3.31. The van der Waals surface area contributed by atoms with Crippen molar-refractivity contribution in [1.82, 2.24) is 0 Å². The molecule has 0 aliphatic heterocycles. The van der Waals surface area contributed by atoms with Gasteiger partial charge in [0.25, 0.3) is 0 Å². The fraction of sp³-hybridized carbons (Fsp3) is 0.462. The zero-order chi connectivity index (χ0) is 8.67. The molecule has 66 valence electrons. The van der Waals surface area contributed by atoms with Gasteiger partial charge in [0.15, 0.2) is 0 Å². The highest BCUT2D eigenvalue weighted by Crippen LogP contribution is 2.42. The molecule has 0 bridgehead atoms. The lowest BCUT2D eigenvalue weighted by atomic mass is 9.73. The van der Waals surface area contributed by atoms with Crippen LogP contribution in [0.2, 0.25) is 0 Å². The van der Waals surface area contributed by atoms with Crippen molar-refractivity contribution in [2.45, 2.75) is 25.7 Å². The summed E-state index contributed by atoms with van der Waals surface area (Å²) in [7, 11) is 0. The summed E-state index contributed by atoms with van der Waals surface area (Å²) < 4.78 is 0. The average molecular weight is 170 g/mol. The molecule has 0 amide bonds. The Hall–Kier alpha value is -0.780. The molecule has 1 fully saturated rings. The Kier molecular flexibility index (Phi) is 1.68. The van der Waals surface area contributed by atoms with Crippen molar-refractivity contribution < 1.29 is 0 Å². The molecule has 0 heteroatoms. The van der Waals surface area contributed by atoms with Crippen LogP contribution in [0, 0.1) is 18.3 Å².